The second-order valence-corrected chi connectivity index (χ2v) is 11.8. The molecule has 1 saturated carbocycles. The van der Waals surface area contributed by atoms with Crippen molar-refractivity contribution in [3.63, 3.8) is 0 Å². The number of carbonyl (C=O) groups excluding carboxylic acids is 2. The molecule has 6 nitrogen and oxygen atoms in total. The minimum absolute atomic E-state index is 0.0939. The van der Waals surface area contributed by atoms with E-state index in [0.29, 0.717) is 51.6 Å². The molecule has 1 aliphatic carbocycles. The second kappa shape index (κ2) is 13.7. The van der Waals surface area contributed by atoms with Crippen LogP contribution in [-0.2, 0) is 20.8 Å². The van der Waals surface area contributed by atoms with Crippen LogP contribution in [-0.4, -0.2) is 52.3 Å². The summed E-state index contributed by atoms with van der Waals surface area (Å²) in [6, 6.07) is 10.4. The summed E-state index contributed by atoms with van der Waals surface area (Å²) in [5.41, 5.74) is -0.784. The Hall–Kier alpha value is -2.06. The number of benzene rings is 1. The average molecular weight is 530 g/mol. The maximum absolute atomic E-state index is 13.1. The number of hydrogen-bond donors (Lipinski definition) is 2. The van der Waals surface area contributed by atoms with Gasteiger partial charge in [0.15, 0.2) is 0 Å². The highest BCUT2D eigenvalue weighted by molar-refractivity contribution is 7.19. The van der Waals surface area contributed by atoms with Gasteiger partial charge in [-0.3, -0.25) is 9.59 Å². The Kier molecular flexibility index (Phi) is 10.9. The summed E-state index contributed by atoms with van der Waals surface area (Å²) in [5, 5.41) is 24.6. The predicted octanol–water partition coefficient (Wildman–Crippen LogP) is 5.70. The Labute approximate surface area is 225 Å². The van der Waals surface area contributed by atoms with Crippen molar-refractivity contribution in [2.24, 2.45) is 17.3 Å². The molecule has 1 aromatic carbocycles. The summed E-state index contributed by atoms with van der Waals surface area (Å²) >= 11 is 1.71. The Morgan fingerprint density at radius 2 is 1.95 bits per heavy atom. The lowest BCUT2D eigenvalue weighted by Crippen LogP contribution is -2.32. The number of unbranched alkanes of at least 4 members (excludes halogenated alkanes) is 1. The summed E-state index contributed by atoms with van der Waals surface area (Å²) in [7, 11) is 0. The molecule has 1 fully saturated rings. The highest BCUT2D eigenvalue weighted by atomic mass is 32.1. The van der Waals surface area contributed by atoms with Crippen LogP contribution in [0.3, 0.4) is 0 Å². The third-order valence-electron chi connectivity index (χ3n) is 7.62. The van der Waals surface area contributed by atoms with Crippen LogP contribution in [0.25, 0.3) is 10.1 Å². The van der Waals surface area contributed by atoms with E-state index in [1.807, 2.05) is 52.0 Å². The first-order valence-corrected chi connectivity index (χ1v) is 14.5. The van der Waals surface area contributed by atoms with Crippen molar-refractivity contribution >= 4 is 33.2 Å². The van der Waals surface area contributed by atoms with Gasteiger partial charge in [0.05, 0.1) is 12.2 Å². The van der Waals surface area contributed by atoms with E-state index in [1.165, 1.54) is 10.1 Å². The van der Waals surface area contributed by atoms with Gasteiger partial charge in [-0.05, 0) is 69.4 Å². The first-order valence-electron chi connectivity index (χ1n) is 13.7. The van der Waals surface area contributed by atoms with E-state index in [2.05, 4.69) is 18.2 Å². The Bertz CT molecular complexity index is 1020. The van der Waals surface area contributed by atoms with Crippen LogP contribution in [0.4, 0.5) is 0 Å². The molecule has 0 spiro atoms. The topological polar surface area (TPSA) is 87.1 Å². The van der Waals surface area contributed by atoms with Crippen LogP contribution < -0.4 is 0 Å². The van der Waals surface area contributed by atoms with Gasteiger partial charge in [-0.1, -0.05) is 44.2 Å². The van der Waals surface area contributed by atoms with Gasteiger partial charge in [0.1, 0.15) is 5.78 Å². The third-order valence-corrected chi connectivity index (χ3v) is 8.76. The van der Waals surface area contributed by atoms with Crippen molar-refractivity contribution in [3.05, 3.63) is 47.4 Å². The molecule has 0 radical (unpaired) electrons. The SMILES string of the molecule is CCN(CC)OC(=O)CCCC=CC[C@H]1C(=O)C(C)(C)[C@@H](O)[C@@H]1CCC(O)Cc1cc2ccccc2s1. The zero-order valence-electron chi connectivity index (χ0n) is 22.7. The molecule has 37 heavy (non-hydrogen) atoms. The quantitative estimate of drug-likeness (QED) is 0.185. The van der Waals surface area contributed by atoms with Crippen molar-refractivity contribution in [2.45, 2.75) is 84.8 Å². The van der Waals surface area contributed by atoms with Crippen molar-refractivity contribution < 1.29 is 24.6 Å². The molecule has 1 unspecified atom stereocenters. The lowest BCUT2D eigenvalue weighted by molar-refractivity contribution is -0.188. The molecule has 0 amide bonds. The fourth-order valence-electron chi connectivity index (χ4n) is 5.34. The Morgan fingerprint density at radius 3 is 2.65 bits per heavy atom. The lowest BCUT2D eigenvalue weighted by atomic mass is 9.85. The van der Waals surface area contributed by atoms with Gasteiger partial charge in [-0.2, -0.15) is 0 Å². The van der Waals surface area contributed by atoms with Crippen LogP contribution in [0.15, 0.2) is 42.5 Å². The molecule has 204 valence electrons. The minimum Gasteiger partial charge on any atom is -0.393 e. The first-order chi connectivity index (χ1) is 17.7. The maximum atomic E-state index is 13.1. The van der Waals surface area contributed by atoms with E-state index in [4.69, 9.17) is 4.84 Å². The van der Waals surface area contributed by atoms with Crippen LogP contribution >= 0.6 is 11.3 Å². The molecular formula is C30H43NO5S. The highest BCUT2D eigenvalue weighted by Crippen LogP contribution is 2.46. The maximum Gasteiger partial charge on any atom is 0.325 e. The van der Waals surface area contributed by atoms with Gasteiger partial charge >= 0.3 is 5.97 Å². The highest BCUT2D eigenvalue weighted by Gasteiger charge is 2.53. The molecule has 1 aromatic heterocycles. The lowest BCUT2D eigenvalue weighted by Gasteiger charge is -2.25. The smallest absolute Gasteiger partial charge is 0.325 e. The van der Waals surface area contributed by atoms with Gasteiger partial charge in [-0.25, -0.2) is 0 Å². The molecular weight excluding hydrogens is 486 g/mol. The number of aliphatic hydroxyl groups is 2. The number of thiophene rings is 1. The van der Waals surface area contributed by atoms with E-state index in [0.717, 1.165) is 11.3 Å². The number of allylic oxidation sites excluding steroid dienone is 2. The average Bonchev–Trinajstić information content (AvgIpc) is 3.35. The third kappa shape index (κ3) is 7.73. The molecule has 1 heterocycles. The van der Waals surface area contributed by atoms with E-state index < -0.39 is 17.6 Å². The predicted molar refractivity (Wildman–Crippen MR) is 149 cm³/mol. The zero-order valence-corrected chi connectivity index (χ0v) is 23.5. The van der Waals surface area contributed by atoms with Gasteiger partial charge < -0.3 is 15.1 Å². The van der Waals surface area contributed by atoms with E-state index in [-0.39, 0.29) is 23.6 Å². The Morgan fingerprint density at radius 1 is 1.22 bits per heavy atom. The standard InChI is InChI=1S/C30H43NO5S/c1-5-31(6-2)36-27(33)16-10-8-7-9-14-24-25(29(35)30(3,4)28(24)34)18-17-22(32)20-23-19-21-13-11-12-15-26(21)37-23/h7,9,11-13,15,19,22,24-25,29,32,35H,5-6,8,10,14,16-18,20H2,1-4H3/t22?,24-,25-,29+/m1/s1. The van der Waals surface area contributed by atoms with E-state index in [1.54, 1.807) is 16.4 Å². The van der Waals surface area contributed by atoms with E-state index >= 15 is 0 Å². The van der Waals surface area contributed by atoms with Gasteiger partial charge in [0, 0.05) is 46.8 Å². The van der Waals surface area contributed by atoms with Crippen LogP contribution in [0.5, 0.6) is 0 Å². The number of rotatable bonds is 14. The second-order valence-electron chi connectivity index (χ2n) is 10.7. The number of fused-ring (bicyclic) bond motifs is 1. The van der Waals surface area contributed by atoms with Gasteiger partial charge in [-0.15, -0.1) is 16.4 Å². The number of carbonyl (C=O) groups is 2. The van der Waals surface area contributed by atoms with E-state index in [9.17, 15) is 19.8 Å². The number of aliphatic hydroxyl groups excluding tert-OH is 2. The van der Waals surface area contributed by atoms with Gasteiger partial charge in [0.2, 0.25) is 0 Å². The number of nitrogens with zero attached hydrogens (tertiary/aromatic N) is 1. The minimum atomic E-state index is -0.784. The molecule has 7 heteroatoms. The summed E-state index contributed by atoms with van der Waals surface area (Å²) in [5.74, 6) is -0.558. The molecule has 2 N–H and O–H groups in total. The monoisotopic (exact) mass is 529 g/mol. The molecule has 3 rings (SSSR count). The van der Waals surface area contributed by atoms with Crippen molar-refractivity contribution in [1.29, 1.82) is 0 Å². The summed E-state index contributed by atoms with van der Waals surface area (Å²) in [4.78, 5) is 31.5. The van der Waals surface area contributed by atoms with Crippen molar-refractivity contribution in [2.75, 3.05) is 13.1 Å². The number of hydroxylamine groups is 2. The number of Topliss-reactive ketones (excluding diaryl/α,β-unsaturated/α-hetero) is 1. The summed E-state index contributed by atoms with van der Waals surface area (Å²) < 4.78 is 1.22. The Balaban J connectivity index is 1.49. The fourth-order valence-corrected chi connectivity index (χ4v) is 6.47. The molecule has 2 aromatic rings. The largest absolute Gasteiger partial charge is 0.393 e. The molecule has 0 saturated heterocycles. The molecule has 0 aliphatic heterocycles. The van der Waals surface area contributed by atoms with Crippen molar-refractivity contribution in [1.82, 2.24) is 5.06 Å². The van der Waals surface area contributed by atoms with Crippen molar-refractivity contribution in [3.8, 4) is 0 Å². The normalized spacial score (nSPS) is 22.4. The first kappa shape index (κ1) is 29.5. The number of ketones is 1. The summed E-state index contributed by atoms with van der Waals surface area (Å²) in [6.07, 6.45) is 6.89. The van der Waals surface area contributed by atoms with Gasteiger partial charge in [0.25, 0.3) is 0 Å². The zero-order chi connectivity index (χ0) is 27.0. The molecule has 1 aliphatic rings. The fraction of sp³-hybridized carbons (Fsp3) is 0.600. The molecule has 0 bridgehead atoms. The molecule has 4 atom stereocenters. The van der Waals surface area contributed by atoms with Crippen LogP contribution in [0.1, 0.15) is 71.1 Å². The number of hydrogen-bond acceptors (Lipinski definition) is 7. The summed E-state index contributed by atoms with van der Waals surface area (Å²) in [6.45, 7) is 8.88. The van der Waals surface area contributed by atoms with Crippen LogP contribution in [0.2, 0.25) is 0 Å². The van der Waals surface area contributed by atoms with Crippen LogP contribution in [0, 0.1) is 17.3 Å².